The molecule has 6 amide bonds. The van der Waals surface area contributed by atoms with Crippen molar-refractivity contribution in [2.45, 2.75) is 90.3 Å². The summed E-state index contributed by atoms with van der Waals surface area (Å²) in [6, 6.07) is 4.31. The number of amides is 6. The number of imide groups is 1. The fourth-order valence-corrected chi connectivity index (χ4v) is 7.13. The number of nitrogens with one attached hydrogen (secondary N) is 4. The zero-order chi connectivity index (χ0) is 44.5. The molecule has 19 heteroatoms. The van der Waals surface area contributed by atoms with E-state index >= 15 is 0 Å². The van der Waals surface area contributed by atoms with Crippen LogP contribution in [0.25, 0.3) is 0 Å². The van der Waals surface area contributed by atoms with Crippen molar-refractivity contribution in [3.63, 3.8) is 0 Å². The van der Waals surface area contributed by atoms with Crippen LogP contribution in [0.3, 0.4) is 0 Å². The molecule has 0 saturated carbocycles. The van der Waals surface area contributed by atoms with Crippen molar-refractivity contribution in [3.8, 4) is 23.0 Å². The van der Waals surface area contributed by atoms with Crippen molar-refractivity contribution >= 4 is 53.0 Å². The van der Waals surface area contributed by atoms with E-state index in [1.54, 1.807) is 69.1 Å². The summed E-state index contributed by atoms with van der Waals surface area (Å²) in [5.74, 6) is -1.59. The first-order chi connectivity index (χ1) is 29.1. The lowest BCUT2D eigenvalue weighted by molar-refractivity contribution is -0.145. The molecular formula is C42H56N8O11. The quantitative estimate of drug-likeness (QED) is 0.0858. The Balaban J connectivity index is 1.24. The monoisotopic (exact) mass is 848 g/mol. The van der Waals surface area contributed by atoms with Gasteiger partial charge >= 0.3 is 0 Å². The first-order valence-electron chi connectivity index (χ1n) is 20.1. The smallest absolute Gasteiger partial charge is 0.258 e. The number of carbonyl (C=O) groups excluding carboxylic acids is 6. The predicted molar refractivity (Wildman–Crippen MR) is 224 cm³/mol. The van der Waals surface area contributed by atoms with Gasteiger partial charge in [0.2, 0.25) is 23.6 Å². The summed E-state index contributed by atoms with van der Waals surface area (Å²) in [6.45, 7) is 10.7. The Morgan fingerprint density at radius 1 is 0.885 bits per heavy atom. The van der Waals surface area contributed by atoms with Crippen molar-refractivity contribution in [1.29, 1.82) is 0 Å². The number of hydrazine groups is 1. The highest BCUT2D eigenvalue weighted by Crippen LogP contribution is 2.40. The Hall–Kier alpha value is -6.21. The molecule has 0 aliphatic carbocycles. The van der Waals surface area contributed by atoms with Gasteiger partial charge in [0.25, 0.3) is 11.8 Å². The molecule has 3 aliphatic heterocycles. The molecule has 330 valence electrons. The molecular weight excluding hydrogens is 793 g/mol. The average Bonchev–Trinajstić information content (AvgIpc) is 3.77. The molecule has 61 heavy (non-hydrogen) atoms. The Bertz CT molecular complexity index is 2030. The predicted octanol–water partition coefficient (Wildman–Crippen LogP) is 2.80. The zero-order valence-electron chi connectivity index (χ0n) is 35.9. The van der Waals surface area contributed by atoms with Gasteiger partial charge in [-0.15, -0.1) is 0 Å². The molecule has 5 rings (SSSR count). The van der Waals surface area contributed by atoms with Crippen molar-refractivity contribution < 1.29 is 52.5 Å². The maximum atomic E-state index is 13.5. The number of fused-ring (bicyclic) bond motifs is 2. The van der Waals surface area contributed by atoms with E-state index in [1.165, 1.54) is 33.4 Å². The lowest BCUT2D eigenvalue weighted by Gasteiger charge is -2.31. The number of anilines is 1. The maximum absolute atomic E-state index is 13.5. The highest BCUT2D eigenvalue weighted by atomic mass is 16.5. The summed E-state index contributed by atoms with van der Waals surface area (Å²) >= 11 is 0. The minimum atomic E-state index is -1.01. The number of hydrogen-bond donors (Lipinski definition) is 4. The van der Waals surface area contributed by atoms with Gasteiger partial charge in [0.15, 0.2) is 23.0 Å². The average molecular weight is 849 g/mol. The van der Waals surface area contributed by atoms with E-state index in [1.807, 2.05) is 0 Å². The molecule has 2 saturated heterocycles. The maximum Gasteiger partial charge on any atom is 0.258 e. The van der Waals surface area contributed by atoms with Gasteiger partial charge in [-0.3, -0.25) is 33.8 Å². The van der Waals surface area contributed by atoms with Crippen LogP contribution >= 0.6 is 0 Å². The first kappa shape index (κ1) is 45.9. The molecule has 2 aromatic rings. The molecule has 3 heterocycles. The number of nitrogens with zero attached hydrogens (tertiary/aromatic N) is 4. The second kappa shape index (κ2) is 20.4. The standard InChI is InChI=1S/C42H56N8O11/c1-10-43-40(54)28-19-32(58-8)34(61-17-11-16-60-33-20-29-27(18-31(33)57-7)42(56)49-26(22-44-29)12-15-37(49)59-9)21-30(28)48(6)25(5)46-39(53)24(4)45-41(55)38(23(2)3)47-50-35(51)13-14-36(50)52/h10,18-26,37-38,47H,1,11-17H2,2-9H3,(H,43,54)(H,45,55)(H,46,53)/t24-,25?,26-,37?,38-/m0/s1. The summed E-state index contributed by atoms with van der Waals surface area (Å²) in [4.78, 5) is 85.7. The van der Waals surface area contributed by atoms with Gasteiger partial charge in [-0.05, 0) is 50.9 Å². The van der Waals surface area contributed by atoms with E-state index in [2.05, 4.69) is 32.9 Å². The highest BCUT2D eigenvalue weighted by Gasteiger charge is 2.40. The van der Waals surface area contributed by atoms with Crippen molar-refractivity contribution in [3.05, 3.63) is 48.2 Å². The zero-order valence-corrected chi connectivity index (χ0v) is 35.9. The van der Waals surface area contributed by atoms with Gasteiger partial charge in [0.1, 0.15) is 18.3 Å². The largest absolute Gasteiger partial charge is 0.493 e. The van der Waals surface area contributed by atoms with Gasteiger partial charge in [-0.1, -0.05) is 20.4 Å². The van der Waals surface area contributed by atoms with Crippen LogP contribution in [0.5, 0.6) is 23.0 Å². The number of hydrogen-bond acceptors (Lipinski definition) is 14. The molecule has 0 bridgehead atoms. The third-order valence-corrected chi connectivity index (χ3v) is 10.7. The van der Waals surface area contributed by atoms with Crippen LogP contribution in [-0.2, 0) is 23.9 Å². The van der Waals surface area contributed by atoms with Gasteiger partial charge < -0.3 is 49.4 Å². The molecule has 0 spiro atoms. The number of rotatable bonds is 20. The lowest BCUT2D eigenvalue weighted by Crippen LogP contribution is -2.59. The minimum Gasteiger partial charge on any atom is -0.493 e. The summed E-state index contributed by atoms with van der Waals surface area (Å²) in [7, 11) is 6.20. The molecule has 5 atom stereocenters. The van der Waals surface area contributed by atoms with E-state index in [0.29, 0.717) is 40.6 Å². The molecule has 4 N–H and O–H groups in total. The normalized spacial score (nSPS) is 18.4. The van der Waals surface area contributed by atoms with E-state index in [0.717, 1.165) is 17.9 Å². The van der Waals surface area contributed by atoms with Crippen molar-refractivity contribution in [2.75, 3.05) is 46.5 Å². The Labute approximate surface area is 355 Å². The topological polar surface area (TPSA) is 219 Å². The first-order valence-corrected chi connectivity index (χ1v) is 20.1. The molecule has 2 fully saturated rings. The van der Waals surface area contributed by atoms with Crippen LogP contribution in [-0.4, -0.2) is 124 Å². The second-order valence-electron chi connectivity index (χ2n) is 15.1. The van der Waals surface area contributed by atoms with Crippen LogP contribution < -0.4 is 45.2 Å². The summed E-state index contributed by atoms with van der Waals surface area (Å²) in [5.41, 5.74) is 4.16. The molecule has 19 nitrogen and oxygen atoms in total. The number of benzene rings is 2. The van der Waals surface area contributed by atoms with Crippen LogP contribution in [0.2, 0.25) is 0 Å². The van der Waals surface area contributed by atoms with E-state index in [-0.39, 0.29) is 61.5 Å². The van der Waals surface area contributed by atoms with Gasteiger partial charge in [0.05, 0.1) is 62.1 Å². The summed E-state index contributed by atoms with van der Waals surface area (Å²) < 4.78 is 29.0. The summed E-state index contributed by atoms with van der Waals surface area (Å²) in [5, 5.41) is 8.96. The van der Waals surface area contributed by atoms with Gasteiger partial charge in [-0.25, -0.2) is 10.4 Å². The number of methoxy groups -OCH3 is 3. The highest BCUT2D eigenvalue weighted by molar-refractivity contribution is 6.04. The van der Waals surface area contributed by atoms with Gasteiger partial charge in [-0.2, -0.15) is 0 Å². The van der Waals surface area contributed by atoms with Gasteiger partial charge in [0, 0.05) is 51.8 Å². The van der Waals surface area contributed by atoms with Crippen molar-refractivity contribution in [1.82, 2.24) is 31.3 Å². The van der Waals surface area contributed by atoms with Crippen LogP contribution in [0.15, 0.2) is 42.0 Å². The number of ether oxygens (including phenoxy) is 5. The third kappa shape index (κ3) is 10.4. The number of carbonyl (C=O) groups is 6. The fraction of sp³-hybridized carbons (Fsp3) is 0.500. The summed E-state index contributed by atoms with van der Waals surface area (Å²) in [6.07, 6.45) is 3.96. The molecule has 0 aromatic heterocycles. The Morgan fingerprint density at radius 3 is 2.13 bits per heavy atom. The molecule has 3 aliphatic rings. The van der Waals surface area contributed by atoms with Crippen molar-refractivity contribution in [2.24, 2.45) is 10.9 Å². The van der Waals surface area contributed by atoms with Crippen LogP contribution in [0, 0.1) is 5.92 Å². The van der Waals surface area contributed by atoms with E-state index in [4.69, 9.17) is 23.7 Å². The SMILES string of the molecule is C=CNC(=O)c1cc(OC)c(OCCCOc2cc3c(cc2OC)C(=O)N2C(OC)CC[C@H]2C=N3)cc1N(C)C(C)NC(=O)[C@H](C)NC(=O)[C@@H](NN1C(=O)CCC1=O)C(C)C. The molecule has 2 aromatic carbocycles. The van der Waals surface area contributed by atoms with E-state index in [9.17, 15) is 28.8 Å². The van der Waals surface area contributed by atoms with Crippen LogP contribution in [0.4, 0.5) is 11.4 Å². The minimum absolute atomic E-state index is 0.0564. The molecule has 2 unspecified atom stereocenters. The molecule has 0 radical (unpaired) electrons. The second-order valence-corrected chi connectivity index (χ2v) is 15.1. The third-order valence-electron chi connectivity index (χ3n) is 10.7. The van der Waals surface area contributed by atoms with E-state index < -0.39 is 47.8 Å². The fourth-order valence-electron chi connectivity index (χ4n) is 7.13. The lowest BCUT2D eigenvalue weighted by atomic mass is 10.0. The Morgan fingerprint density at radius 2 is 1.52 bits per heavy atom. The number of aliphatic imine (C=N–C) groups is 1. The van der Waals surface area contributed by atoms with Crippen LogP contribution in [0.1, 0.15) is 80.5 Å². The Kier molecular flexibility index (Phi) is 15.3.